The van der Waals surface area contributed by atoms with Crippen LogP contribution in [0.4, 0.5) is 11.8 Å². The number of anilines is 2. The lowest BCUT2D eigenvalue weighted by Gasteiger charge is -2.34. The van der Waals surface area contributed by atoms with Gasteiger partial charge in [-0.05, 0) is 56.5 Å². The van der Waals surface area contributed by atoms with Crippen molar-refractivity contribution in [3.8, 4) is 5.95 Å². The van der Waals surface area contributed by atoms with Crippen molar-refractivity contribution in [1.82, 2.24) is 24.1 Å². The number of imidazole rings is 1. The van der Waals surface area contributed by atoms with Crippen LogP contribution in [0.25, 0.3) is 22.5 Å². The molecule has 10 nitrogen and oxygen atoms in total. The van der Waals surface area contributed by atoms with Gasteiger partial charge in [-0.1, -0.05) is 6.07 Å². The van der Waals surface area contributed by atoms with Crippen molar-refractivity contribution in [1.29, 1.82) is 0 Å². The van der Waals surface area contributed by atoms with Gasteiger partial charge in [0.1, 0.15) is 5.52 Å². The fourth-order valence-electron chi connectivity index (χ4n) is 4.62. The Bertz CT molecular complexity index is 1520. The molecule has 178 valence electrons. The monoisotopic (exact) mass is 481 g/mol. The first-order valence-electron chi connectivity index (χ1n) is 11.5. The number of aromatic nitrogens is 5. The van der Waals surface area contributed by atoms with Gasteiger partial charge in [0.2, 0.25) is 5.95 Å². The molecule has 0 bridgehead atoms. The van der Waals surface area contributed by atoms with Crippen LogP contribution in [0.5, 0.6) is 0 Å². The summed E-state index contributed by atoms with van der Waals surface area (Å²) in [7, 11) is -1.67. The fraction of sp³-hybridized carbons (Fsp3) is 0.435. The number of hydrogen-bond donors (Lipinski definition) is 1. The van der Waals surface area contributed by atoms with E-state index in [2.05, 4.69) is 17.1 Å². The molecule has 1 aromatic carbocycles. The minimum atomic E-state index is -3.47. The number of morpholine rings is 1. The van der Waals surface area contributed by atoms with Gasteiger partial charge in [0, 0.05) is 13.6 Å². The second-order valence-corrected chi connectivity index (χ2v) is 11.3. The quantitative estimate of drug-likeness (QED) is 0.464. The van der Waals surface area contributed by atoms with Crippen LogP contribution >= 0.6 is 0 Å². The van der Waals surface area contributed by atoms with E-state index in [-0.39, 0.29) is 16.3 Å². The summed E-state index contributed by atoms with van der Waals surface area (Å²) < 4.78 is 35.5. The molecule has 1 unspecified atom stereocenters. The molecule has 0 spiro atoms. The van der Waals surface area contributed by atoms with Gasteiger partial charge in [0.25, 0.3) is 5.95 Å². The molecule has 1 aliphatic heterocycles. The third-order valence-electron chi connectivity index (χ3n) is 6.57. The van der Waals surface area contributed by atoms with E-state index < -0.39 is 9.84 Å². The average molecular weight is 482 g/mol. The predicted octanol–water partition coefficient (Wildman–Crippen LogP) is 2.58. The Morgan fingerprint density at radius 2 is 1.91 bits per heavy atom. The number of benzene rings is 1. The highest BCUT2D eigenvalue weighted by atomic mass is 32.2. The van der Waals surface area contributed by atoms with Crippen molar-refractivity contribution in [2.75, 3.05) is 37.0 Å². The van der Waals surface area contributed by atoms with Gasteiger partial charge in [-0.15, -0.1) is 5.10 Å². The van der Waals surface area contributed by atoms with Gasteiger partial charge in [-0.25, -0.2) is 22.5 Å². The van der Waals surface area contributed by atoms with E-state index in [0.717, 1.165) is 16.6 Å². The lowest BCUT2D eigenvalue weighted by Crippen LogP contribution is -2.44. The molecule has 1 saturated carbocycles. The number of nitrogens with zero attached hydrogens (tertiary/aromatic N) is 6. The fourth-order valence-corrected chi connectivity index (χ4v) is 6.36. The zero-order valence-electron chi connectivity index (χ0n) is 19.4. The SMILES string of the molecule is CNc1nc2cc(C)ccc2n1-c1nc(N2CCOCC2C)c2ccc(S(=O)(=O)C3CC3)n2n1. The van der Waals surface area contributed by atoms with Crippen LogP contribution in [0.1, 0.15) is 25.3 Å². The van der Waals surface area contributed by atoms with Gasteiger partial charge in [-0.3, -0.25) is 0 Å². The molecule has 6 rings (SSSR count). The van der Waals surface area contributed by atoms with Crippen LogP contribution in [0.15, 0.2) is 35.4 Å². The van der Waals surface area contributed by atoms with Gasteiger partial charge in [-0.2, -0.15) is 4.98 Å². The summed E-state index contributed by atoms with van der Waals surface area (Å²) in [6, 6.07) is 9.57. The first-order valence-corrected chi connectivity index (χ1v) is 13.1. The van der Waals surface area contributed by atoms with Crippen molar-refractivity contribution in [2.24, 2.45) is 0 Å². The standard InChI is InChI=1S/C23H27N7O3S/c1-14-4-7-18-17(12-14)25-22(24-3)29(18)23-26-21(28-10-11-33-13-15(28)2)19-8-9-20(30(19)27-23)34(31,32)16-5-6-16/h4,7-9,12,15-16H,5-6,10-11,13H2,1-3H3,(H,24,25). The predicted molar refractivity (Wildman–Crippen MR) is 130 cm³/mol. The number of ether oxygens (including phenoxy) is 1. The molecule has 1 saturated heterocycles. The molecule has 1 aliphatic carbocycles. The largest absolute Gasteiger partial charge is 0.377 e. The molecule has 34 heavy (non-hydrogen) atoms. The van der Waals surface area contributed by atoms with Crippen LogP contribution < -0.4 is 10.2 Å². The highest BCUT2D eigenvalue weighted by Crippen LogP contribution is 2.36. The van der Waals surface area contributed by atoms with Crippen molar-refractivity contribution >= 4 is 38.2 Å². The molecule has 0 radical (unpaired) electrons. The molecule has 1 atom stereocenters. The Morgan fingerprint density at radius 1 is 1.12 bits per heavy atom. The normalized spacial score (nSPS) is 19.3. The maximum Gasteiger partial charge on any atom is 0.257 e. The van der Waals surface area contributed by atoms with Crippen LogP contribution in [0, 0.1) is 6.92 Å². The van der Waals surface area contributed by atoms with Gasteiger partial charge in [0.05, 0.1) is 35.5 Å². The number of hydrogen-bond acceptors (Lipinski definition) is 8. The molecule has 4 aromatic rings. The van der Waals surface area contributed by atoms with Gasteiger partial charge >= 0.3 is 0 Å². The molecule has 2 aliphatic rings. The summed E-state index contributed by atoms with van der Waals surface area (Å²) in [5.74, 6) is 1.63. The first kappa shape index (κ1) is 21.4. The van der Waals surface area contributed by atoms with Crippen molar-refractivity contribution < 1.29 is 13.2 Å². The highest BCUT2D eigenvalue weighted by molar-refractivity contribution is 7.92. The first-order chi connectivity index (χ1) is 16.4. The van der Waals surface area contributed by atoms with E-state index in [9.17, 15) is 8.42 Å². The number of rotatable bonds is 5. The molecule has 0 amide bonds. The number of aryl methyl sites for hydroxylation is 1. The second kappa shape index (κ2) is 7.67. The second-order valence-electron chi connectivity index (χ2n) is 9.08. The Balaban J connectivity index is 1.65. The topological polar surface area (TPSA) is 107 Å². The molecule has 3 aromatic heterocycles. The van der Waals surface area contributed by atoms with E-state index in [0.29, 0.717) is 55.8 Å². The van der Waals surface area contributed by atoms with E-state index >= 15 is 0 Å². The van der Waals surface area contributed by atoms with E-state index in [4.69, 9.17) is 19.8 Å². The van der Waals surface area contributed by atoms with E-state index in [1.54, 1.807) is 17.6 Å². The van der Waals surface area contributed by atoms with E-state index in [1.807, 2.05) is 35.8 Å². The number of fused-ring (bicyclic) bond motifs is 2. The maximum atomic E-state index is 13.2. The Labute approximate surface area is 197 Å². The summed E-state index contributed by atoms with van der Waals surface area (Å²) in [5, 5.41) is 7.78. The highest BCUT2D eigenvalue weighted by Gasteiger charge is 2.39. The average Bonchev–Trinajstić information content (AvgIpc) is 3.50. The molecule has 2 fully saturated rings. The Morgan fingerprint density at radius 3 is 2.65 bits per heavy atom. The summed E-state index contributed by atoms with van der Waals surface area (Å²) in [4.78, 5) is 11.9. The van der Waals surface area contributed by atoms with Crippen LogP contribution in [-0.4, -0.2) is 70.7 Å². The summed E-state index contributed by atoms with van der Waals surface area (Å²) in [6.45, 7) is 5.92. The third-order valence-corrected chi connectivity index (χ3v) is 8.81. The molecular weight excluding hydrogens is 454 g/mol. The van der Waals surface area contributed by atoms with Crippen molar-refractivity contribution in [3.63, 3.8) is 0 Å². The minimum absolute atomic E-state index is 0.0876. The van der Waals surface area contributed by atoms with Crippen LogP contribution in [0.3, 0.4) is 0 Å². The molecule has 11 heteroatoms. The molecule has 4 heterocycles. The van der Waals surface area contributed by atoms with Crippen molar-refractivity contribution in [3.05, 3.63) is 35.9 Å². The van der Waals surface area contributed by atoms with Crippen LogP contribution in [-0.2, 0) is 14.6 Å². The number of sulfone groups is 1. The Hall–Kier alpha value is -3.18. The Kier molecular flexibility index (Phi) is 4.82. The lowest BCUT2D eigenvalue weighted by atomic mass is 10.2. The molecule has 1 N–H and O–H groups in total. The third kappa shape index (κ3) is 3.25. The minimum Gasteiger partial charge on any atom is -0.377 e. The van der Waals surface area contributed by atoms with Gasteiger partial charge in [0.15, 0.2) is 20.7 Å². The smallest absolute Gasteiger partial charge is 0.257 e. The van der Waals surface area contributed by atoms with Crippen molar-refractivity contribution in [2.45, 2.75) is 43.0 Å². The van der Waals surface area contributed by atoms with Crippen LogP contribution in [0.2, 0.25) is 0 Å². The maximum absolute atomic E-state index is 13.2. The zero-order valence-corrected chi connectivity index (χ0v) is 20.2. The van der Waals surface area contributed by atoms with Gasteiger partial charge < -0.3 is 15.0 Å². The lowest BCUT2D eigenvalue weighted by molar-refractivity contribution is 0.0986. The summed E-state index contributed by atoms with van der Waals surface area (Å²) in [5.41, 5.74) is 3.42. The zero-order chi connectivity index (χ0) is 23.6. The summed E-state index contributed by atoms with van der Waals surface area (Å²) >= 11 is 0. The summed E-state index contributed by atoms with van der Waals surface area (Å²) in [6.07, 6.45) is 1.38. The number of nitrogens with one attached hydrogen (secondary N) is 1. The van der Waals surface area contributed by atoms with E-state index in [1.165, 1.54) is 0 Å². The molecular formula is C23H27N7O3S.